The van der Waals surface area contributed by atoms with Gasteiger partial charge in [-0.1, -0.05) is 32.1 Å². The van der Waals surface area contributed by atoms with Crippen LogP contribution in [-0.4, -0.2) is 13.1 Å². The Morgan fingerprint density at radius 2 is 1.55 bits per heavy atom. The van der Waals surface area contributed by atoms with E-state index in [0.717, 1.165) is 19.0 Å². The van der Waals surface area contributed by atoms with Gasteiger partial charge in [-0.2, -0.15) is 0 Å². The summed E-state index contributed by atoms with van der Waals surface area (Å²) < 4.78 is 0. The molecule has 1 rings (SSSR count). The molecule has 0 heterocycles. The lowest BCUT2D eigenvalue weighted by atomic mass is 9.80. The van der Waals surface area contributed by atoms with E-state index in [1.54, 1.807) is 0 Å². The van der Waals surface area contributed by atoms with Crippen LogP contribution in [0, 0.1) is 11.8 Å². The van der Waals surface area contributed by atoms with Crippen molar-refractivity contribution in [2.45, 2.75) is 32.1 Å². The van der Waals surface area contributed by atoms with Crippen molar-refractivity contribution >= 4 is 0 Å². The second-order valence-electron chi connectivity index (χ2n) is 3.63. The Labute approximate surface area is 69.3 Å². The van der Waals surface area contributed by atoms with Gasteiger partial charge in [-0.05, 0) is 24.9 Å². The number of nitrogens with two attached hydrogens (primary N) is 2. The van der Waals surface area contributed by atoms with Crippen LogP contribution in [0.3, 0.4) is 0 Å². The van der Waals surface area contributed by atoms with Crippen molar-refractivity contribution in [2.24, 2.45) is 23.3 Å². The first kappa shape index (κ1) is 9.01. The lowest BCUT2D eigenvalue weighted by molar-refractivity contribution is 0.258. The fourth-order valence-corrected chi connectivity index (χ4v) is 2.09. The van der Waals surface area contributed by atoms with Crippen molar-refractivity contribution in [1.82, 2.24) is 0 Å². The van der Waals surface area contributed by atoms with Gasteiger partial charge in [-0.25, -0.2) is 0 Å². The molecule has 0 spiro atoms. The molecule has 0 saturated heterocycles. The first-order chi connectivity index (χ1) is 5.38. The summed E-state index contributed by atoms with van der Waals surface area (Å²) in [7, 11) is 0. The van der Waals surface area contributed by atoms with Crippen molar-refractivity contribution in [2.75, 3.05) is 13.1 Å². The molecule has 66 valence electrons. The van der Waals surface area contributed by atoms with Gasteiger partial charge < -0.3 is 11.5 Å². The molecule has 0 aromatic heterocycles. The lowest BCUT2D eigenvalue weighted by Gasteiger charge is -2.28. The molecule has 0 aromatic carbocycles. The Balaban J connectivity index is 2.30. The standard InChI is InChI=1S/C9H20N2/c10-6-9(7-11)8-4-2-1-3-5-8/h8-9H,1-7,10-11H2. The highest BCUT2D eigenvalue weighted by molar-refractivity contribution is 4.74. The third-order valence-electron chi connectivity index (χ3n) is 2.92. The average Bonchev–Trinajstić information content (AvgIpc) is 2.09. The first-order valence-corrected chi connectivity index (χ1v) is 4.78. The quantitative estimate of drug-likeness (QED) is 0.643. The third kappa shape index (κ3) is 2.46. The maximum absolute atomic E-state index is 5.63. The van der Waals surface area contributed by atoms with Crippen molar-refractivity contribution in [3.63, 3.8) is 0 Å². The van der Waals surface area contributed by atoms with Gasteiger partial charge in [0, 0.05) is 0 Å². The van der Waals surface area contributed by atoms with Gasteiger partial charge in [0.2, 0.25) is 0 Å². The van der Waals surface area contributed by atoms with Crippen molar-refractivity contribution in [3.8, 4) is 0 Å². The van der Waals surface area contributed by atoms with Crippen LogP contribution >= 0.6 is 0 Å². The Kier molecular flexibility index (Phi) is 3.87. The predicted molar refractivity (Wildman–Crippen MR) is 48.2 cm³/mol. The zero-order chi connectivity index (χ0) is 8.10. The van der Waals surface area contributed by atoms with Crippen LogP contribution in [0.2, 0.25) is 0 Å². The van der Waals surface area contributed by atoms with E-state index >= 15 is 0 Å². The van der Waals surface area contributed by atoms with E-state index in [-0.39, 0.29) is 0 Å². The molecule has 4 N–H and O–H groups in total. The summed E-state index contributed by atoms with van der Waals surface area (Å²) in [5.74, 6) is 1.43. The van der Waals surface area contributed by atoms with Crippen molar-refractivity contribution < 1.29 is 0 Å². The molecule has 1 aliphatic rings. The molecule has 0 unspecified atom stereocenters. The first-order valence-electron chi connectivity index (χ1n) is 4.78. The fourth-order valence-electron chi connectivity index (χ4n) is 2.09. The maximum Gasteiger partial charge on any atom is -0.00341 e. The zero-order valence-corrected chi connectivity index (χ0v) is 7.26. The molecule has 0 radical (unpaired) electrons. The Bertz CT molecular complexity index is 93.7. The SMILES string of the molecule is NCC(CN)C1CCCCC1. The second-order valence-corrected chi connectivity index (χ2v) is 3.63. The minimum absolute atomic E-state index is 0.593. The molecular formula is C9H20N2. The van der Waals surface area contributed by atoms with Crippen LogP contribution in [-0.2, 0) is 0 Å². The highest BCUT2D eigenvalue weighted by Crippen LogP contribution is 2.28. The van der Waals surface area contributed by atoms with E-state index in [1.165, 1.54) is 32.1 Å². The zero-order valence-electron chi connectivity index (χ0n) is 7.26. The molecule has 1 aliphatic carbocycles. The molecule has 1 saturated carbocycles. The van der Waals surface area contributed by atoms with Crippen LogP contribution in [0.5, 0.6) is 0 Å². The number of hydrogen-bond donors (Lipinski definition) is 2. The predicted octanol–water partition coefficient (Wildman–Crippen LogP) is 1.10. The van der Waals surface area contributed by atoms with Crippen LogP contribution in [0.15, 0.2) is 0 Å². The highest BCUT2D eigenvalue weighted by atomic mass is 14.6. The van der Waals surface area contributed by atoms with E-state index in [4.69, 9.17) is 11.5 Å². The Hall–Kier alpha value is -0.0800. The molecule has 0 aromatic rings. The van der Waals surface area contributed by atoms with E-state index in [9.17, 15) is 0 Å². The lowest BCUT2D eigenvalue weighted by Crippen LogP contribution is -2.31. The molecule has 2 heteroatoms. The smallest absolute Gasteiger partial charge is 0.00341 e. The largest absolute Gasteiger partial charge is 0.330 e. The van der Waals surface area contributed by atoms with Gasteiger partial charge in [0.25, 0.3) is 0 Å². The van der Waals surface area contributed by atoms with Gasteiger partial charge in [-0.15, -0.1) is 0 Å². The van der Waals surface area contributed by atoms with Gasteiger partial charge in [0.1, 0.15) is 0 Å². The van der Waals surface area contributed by atoms with Gasteiger partial charge in [0.05, 0.1) is 0 Å². The van der Waals surface area contributed by atoms with E-state index in [0.29, 0.717) is 5.92 Å². The fraction of sp³-hybridized carbons (Fsp3) is 1.00. The Morgan fingerprint density at radius 3 is 2.00 bits per heavy atom. The number of hydrogen-bond acceptors (Lipinski definition) is 2. The van der Waals surface area contributed by atoms with Crippen molar-refractivity contribution in [1.29, 1.82) is 0 Å². The minimum Gasteiger partial charge on any atom is -0.330 e. The highest BCUT2D eigenvalue weighted by Gasteiger charge is 2.20. The van der Waals surface area contributed by atoms with Gasteiger partial charge >= 0.3 is 0 Å². The van der Waals surface area contributed by atoms with Crippen LogP contribution < -0.4 is 11.5 Å². The summed E-state index contributed by atoms with van der Waals surface area (Å²) in [6.45, 7) is 1.56. The number of rotatable bonds is 3. The summed E-state index contributed by atoms with van der Waals surface area (Å²) in [6.07, 6.45) is 6.92. The topological polar surface area (TPSA) is 52.0 Å². The van der Waals surface area contributed by atoms with Crippen molar-refractivity contribution in [3.05, 3.63) is 0 Å². The summed E-state index contributed by atoms with van der Waals surface area (Å²) in [5.41, 5.74) is 11.3. The van der Waals surface area contributed by atoms with Gasteiger partial charge in [0.15, 0.2) is 0 Å². The molecule has 0 atom stereocenters. The van der Waals surface area contributed by atoms with Crippen LogP contribution in [0.1, 0.15) is 32.1 Å². The summed E-state index contributed by atoms with van der Waals surface area (Å²) in [4.78, 5) is 0. The molecular weight excluding hydrogens is 136 g/mol. The summed E-state index contributed by atoms with van der Waals surface area (Å²) >= 11 is 0. The third-order valence-corrected chi connectivity index (χ3v) is 2.92. The summed E-state index contributed by atoms with van der Waals surface area (Å²) in [6, 6.07) is 0. The molecule has 0 bridgehead atoms. The second kappa shape index (κ2) is 4.73. The monoisotopic (exact) mass is 156 g/mol. The van der Waals surface area contributed by atoms with E-state index in [2.05, 4.69) is 0 Å². The van der Waals surface area contributed by atoms with E-state index in [1.807, 2.05) is 0 Å². The molecule has 2 nitrogen and oxygen atoms in total. The molecule has 11 heavy (non-hydrogen) atoms. The van der Waals surface area contributed by atoms with Crippen LogP contribution in [0.4, 0.5) is 0 Å². The molecule has 0 amide bonds. The maximum atomic E-state index is 5.63. The van der Waals surface area contributed by atoms with Gasteiger partial charge in [-0.3, -0.25) is 0 Å². The minimum atomic E-state index is 0.593. The molecule has 0 aliphatic heterocycles. The Morgan fingerprint density at radius 1 is 1.00 bits per heavy atom. The molecule has 1 fully saturated rings. The van der Waals surface area contributed by atoms with E-state index < -0.39 is 0 Å². The average molecular weight is 156 g/mol. The van der Waals surface area contributed by atoms with Crippen LogP contribution in [0.25, 0.3) is 0 Å². The normalized spacial score (nSPS) is 21.0. The summed E-state index contributed by atoms with van der Waals surface area (Å²) in [5, 5.41) is 0.